The molecule has 120 valence electrons. The highest BCUT2D eigenvalue weighted by Crippen LogP contribution is 2.30. The molecule has 0 amide bonds. The highest BCUT2D eigenvalue weighted by Gasteiger charge is 2.26. The lowest BCUT2D eigenvalue weighted by Gasteiger charge is -2.34. The molecule has 1 saturated heterocycles. The van der Waals surface area contributed by atoms with E-state index in [0.29, 0.717) is 0 Å². The van der Waals surface area contributed by atoms with Crippen LogP contribution in [0.3, 0.4) is 0 Å². The second-order valence-corrected chi connectivity index (χ2v) is 6.78. The zero-order valence-electron chi connectivity index (χ0n) is 13.8. The van der Waals surface area contributed by atoms with E-state index in [1.807, 2.05) is 32.0 Å². The Hall–Kier alpha value is -1.55. The fraction of sp³-hybridized carbons (Fsp3) is 0.611. The first-order valence-corrected chi connectivity index (χ1v) is 8.37. The average Bonchev–Trinajstić information content (AvgIpc) is 2.53. The predicted octanol–water partition coefficient (Wildman–Crippen LogP) is 3.18. The van der Waals surface area contributed by atoms with Crippen molar-refractivity contribution in [3.05, 3.63) is 23.8 Å². The number of hydrogen-bond donors (Lipinski definition) is 1. The monoisotopic (exact) mass is 302 g/mol. The number of ketones is 1. The lowest BCUT2D eigenvalue weighted by Crippen LogP contribution is -2.43. The van der Waals surface area contributed by atoms with Gasteiger partial charge in [-0.3, -0.25) is 9.69 Å². The summed E-state index contributed by atoms with van der Waals surface area (Å²) in [6, 6.07) is 5.70. The number of fused-ring (bicyclic) bond motifs is 1. The molecule has 0 aromatic heterocycles. The number of rotatable bonds is 3. The molecule has 2 unspecified atom stereocenters. The van der Waals surface area contributed by atoms with Crippen molar-refractivity contribution in [1.29, 1.82) is 0 Å². The normalized spacial score (nSPS) is 24.0. The summed E-state index contributed by atoms with van der Waals surface area (Å²) in [7, 11) is 0. The number of piperidine rings is 1. The summed E-state index contributed by atoms with van der Waals surface area (Å²) in [6.45, 7) is 9.19. The molecule has 3 rings (SSSR count). The van der Waals surface area contributed by atoms with Crippen molar-refractivity contribution in [3.63, 3.8) is 0 Å². The third-order valence-electron chi connectivity index (χ3n) is 4.92. The zero-order valence-corrected chi connectivity index (χ0v) is 13.8. The Kier molecular flexibility index (Phi) is 4.39. The highest BCUT2D eigenvalue weighted by molar-refractivity contribution is 6.01. The minimum Gasteiger partial charge on any atom is -0.487 e. The maximum atomic E-state index is 12.8. The molecule has 4 heteroatoms. The molecule has 1 aromatic rings. The number of benzene rings is 1. The zero-order chi connectivity index (χ0) is 15.7. The lowest BCUT2D eigenvalue weighted by molar-refractivity contribution is 0.0779. The van der Waals surface area contributed by atoms with Crippen LogP contribution in [0.4, 0.5) is 5.69 Å². The smallest absolute Gasteiger partial charge is 0.179 e. The van der Waals surface area contributed by atoms with Gasteiger partial charge < -0.3 is 10.1 Å². The third-order valence-corrected chi connectivity index (χ3v) is 4.92. The molecule has 2 aliphatic rings. The Bertz CT molecular complexity index is 550. The maximum absolute atomic E-state index is 12.8. The fourth-order valence-corrected chi connectivity index (χ4v) is 3.26. The Labute approximate surface area is 132 Å². The van der Waals surface area contributed by atoms with E-state index >= 15 is 0 Å². The van der Waals surface area contributed by atoms with E-state index in [1.165, 1.54) is 12.8 Å². The van der Waals surface area contributed by atoms with Gasteiger partial charge in [0.2, 0.25) is 0 Å². The first kappa shape index (κ1) is 15.3. The Morgan fingerprint density at radius 3 is 2.77 bits per heavy atom. The van der Waals surface area contributed by atoms with Crippen molar-refractivity contribution in [2.45, 2.75) is 45.8 Å². The Morgan fingerprint density at radius 2 is 2.05 bits per heavy atom. The highest BCUT2D eigenvalue weighted by atomic mass is 16.5. The number of carbonyl (C=O) groups is 1. The minimum absolute atomic E-state index is 0.0472. The van der Waals surface area contributed by atoms with Crippen LogP contribution in [0, 0.1) is 5.92 Å². The summed E-state index contributed by atoms with van der Waals surface area (Å²) in [5.41, 5.74) is 1.71. The number of hydrogen-bond acceptors (Lipinski definition) is 4. The molecule has 4 nitrogen and oxygen atoms in total. The van der Waals surface area contributed by atoms with Gasteiger partial charge in [-0.2, -0.15) is 0 Å². The van der Waals surface area contributed by atoms with Crippen LogP contribution in [0.2, 0.25) is 0 Å². The minimum atomic E-state index is -0.0472. The molecule has 0 radical (unpaired) electrons. The summed E-state index contributed by atoms with van der Waals surface area (Å²) < 4.78 is 5.77. The Balaban J connectivity index is 1.72. The van der Waals surface area contributed by atoms with Gasteiger partial charge >= 0.3 is 0 Å². The summed E-state index contributed by atoms with van der Waals surface area (Å²) >= 11 is 0. The van der Waals surface area contributed by atoms with Crippen molar-refractivity contribution in [2.75, 3.05) is 25.0 Å². The van der Waals surface area contributed by atoms with Crippen molar-refractivity contribution in [3.8, 4) is 5.75 Å². The molecule has 2 heterocycles. The van der Waals surface area contributed by atoms with E-state index in [9.17, 15) is 4.79 Å². The number of Topliss-reactive ketones (excluding diaryl/α,β-unsaturated/α-hetero) is 1. The first-order chi connectivity index (χ1) is 10.5. The second-order valence-electron chi connectivity index (χ2n) is 6.78. The molecule has 2 aliphatic heterocycles. The number of anilines is 1. The molecule has 22 heavy (non-hydrogen) atoms. The van der Waals surface area contributed by atoms with Crippen molar-refractivity contribution >= 4 is 11.5 Å². The van der Waals surface area contributed by atoms with Crippen LogP contribution >= 0.6 is 0 Å². The van der Waals surface area contributed by atoms with Gasteiger partial charge in [0.1, 0.15) is 11.9 Å². The lowest BCUT2D eigenvalue weighted by atomic mass is 9.96. The van der Waals surface area contributed by atoms with E-state index in [1.54, 1.807) is 0 Å². The summed E-state index contributed by atoms with van der Waals surface area (Å²) in [6.07, 6.45) is 2.55. The van der Waals surface area contributed by atoms with Gasteiger partial charge in [-0.05, 0) is 63.9 Å². The van der Waals surface area contributed by atoms with Gasteiger partial charge in [0.25, 0.3) is 0 Å². The van der Waals surface area contributed by atoms with Crippen molar-refractivity contribution in [1.82, 2.24) is 4.90 Å². The number of likely N-dealkylation sites (tertiary alicyclic amines) is 1. The molecular formula is C18H26N2O2. The van der Waals surface area contributed by atoms with Gasteiger partial charge in [0, 0.05) is 5.56 Å². The molecule has 1 N–H and O–H groups in total. The van der Waals surface area contributed by atoms with Crippen LogP contribution in [-0.4, -0.2) is 42.5 Å². The standard InChI is InChI=1S/C18H26N2O2/c1-12-6-8-20(9-7-12)14(3)18(21)15-4-5-17-16(10-15)19-11-13(2)22-17/h4-5,10,12-14,19H,6-9,11H2,1-3H3. The van der Waals surface area contributed by atoms with Crippen LogP contribution in [0.25, 0.3) is 0 Å². The molecule has 2 atom stereocenters. The van der Waals surface area contributed by atoms with E-state index in [2.05, 4.69) is 17.1 Å². The predicted molar refractivity (Wildman–Crippen MR) is 88.8 cm³/mol. The van der Waals surface area contributed by atoms with Gasteiger partial charge in [0.15, 0.2) is 5.78 Å². The molecule has 0 aliphatic carbocycles. The molecular weight excluding hydrogens is 276 g/mol. The van der Waals surface area contributed by atoms with E-state index < -0.39 is 0 Å². The third kappa shape index (κ3) is 3.12. The summed E-state index contributed by atoms with van der Waals surface area (Å²) in [5.74, 6) is 1.83. The van der Waals surface area contributed by atoms with Crippen molar-refractivity contribution < 1.29 is 9.53 Å². The molecule has 0 spiro atoms. The maximum Gasteiger partial charge on any atom is 0.179 e. The van der Waals surface area contributed by atoms with E-state index in [4.69, 9.17) is 4.74 Å². The van der Waals surface area contributed by atoms with Crippen LogP contribution in [-0.2, 0) is 0 Å². The number of carbonyl (C=O) groups excluding carboxylic acids is 1. The van der Waals surface area contributed by atoms with Crippen LogP contribution in [0.5, 0.6) is 5.75 Å². The van der Waals surface area contributed by atoms with E-state index in [-0.39, 0.29) is 17.9 Å². The topological polar surface area (TPSA) is 41.6 Å². The SMILES string of the molecule is CC1CCN(C(C)C(=O)c2ccc3c(c2)NCC(C)O3)CC1. The van der Waals surface area contributed by atoms with Gasteiger partial charge in [-0.15, -0.1) is 0 Å². The van der Waals surface area contributed by atoms with Crippen LogP contribution in [0.1, 0.15) is 44.0 Å². The largest absolute Gasteiger partial charge is 0.487 e. The van der Waals surface area contributed by atoms with E-state index in [0.717, 1.165) is 42.6 Å². The summed E-state index contributed by atoms with van der Waals surface area (Å²) in [5, 5.41) is 3.34. The quantitative estimate of drug-likeness (QED) is 0.871. The molecule has 1 aromatic carbocycles. The van der Waals surface area contributed by atoms with Crippen molar-refractivity contribution in [2.24, 2.45) is 5.92 Å². The molecule has 0 saturated carbocycles. The van der Waals surface area contributed by atoms with Crippen LogP contribution < -0.4 is 10.1 Å². The fourth-order valence-electron chi connectivity index (χ4n) is 3.26. The van der Waals surface area contributed by atoms with Gasteiger partial charge in [0.05, 0.1) is 18.3 Å². The number of nitrogens with zero attached hydrogens (tertiary/aromatic N) is 1. The number of nitrogens with one attached hydrogen (secondary N) is 1. The van der Waals surface area contributed by atoms with Gasteiger partial charge in [-0.1, -0.05) is 6.92 Å². The van der Waals surface area contributed by atoms with Gasteiger partial charge in [-0.25, -0.2) is 0 Å². The van der Waals surface area contributed by atoms with Crippen LogP contribution in [0.15, 0.2) is 18.2 Å². The average molecular weight is 302 g/mol. The summed E-state index contributed by atoms with van der Waals surface area (Å²) in [4.78, 5) is 15.1. The first-order valence-electron chi connectivity index (χ1n) is 8.37. The number of ether oxygens (including phenoxy) is 1. The molecule has 1 fully saturated rings. The second kappa shape index (κ2) is 6.29. The molecule has 0 bridgehead atoms. The Morgan fingerprint density at radius 1 is 1.32 bits per heavy atom.